The van der Waals surface area contributed by atoms with E-state index in [9.17, 15) is 4.79 Å². The van der Waals surface area contributed by atoms with Crippen LogP contribution in [0.4, 0.5) is 0 Å². The summed E-state index contributed by atoms with van der Waals surface area (Å²) in [6, 6.07) is 0. The molecule has 0 aromatic heterocycles. The van der Waals surface area contributed by atoms with Crippen LogP contribution < -0.4 is 0 Å². The Kier molecular flexibility index (Phi) is 2.49. The lowest BCUT2D eigenvalue weighted by atomic mass is 9.67. The largest absolute Gasteiger partial charge is 0.496 e. The smallest absolute Gasteiger partial charge is 0.339 e. The highest BCUT2D eigenvalue weighted by molar-refractivity contribution is 5.94. The van der Waals surface area contributed by atoms with E-state index in [1.54, 1.807) is 7.11 Å². The highest BCUT2D eigenvalue weighted by Crippen LogP contribution is 2.52. The molecule has 3 aliphatic rings. The maximum absolute atomic E-state index is 11.8. The van der Waals surface area contributed by atoms with Crippen molar-refractivity contribution in [2.24, 2.45) is 5.41 Å². The number of esters is 1. The van der Waals surface area contributed by atoms with Crippen LogP contribution in [0, 0.1) is 5.41 Å². The van der Waals surface area contributed by atoms with Crippen LogP contribution in [0.25, 0.3) is 0 Å². The first-order valence-corrected chi connectivity index (χ1v) is 6.59. The lowest BCUT2D eigenvalue weighted by Crippen LogP contribution is -2.27. The van der Waals surface area contributed by atoms with E-state index in [1.165, 1.54) is 0 Å². The van der Waals surface area contributed by atoms with Gasteiger partial charge in [0.1, 0.15) is 11.5 Å². The van der Waals surface area contributed by atoms with Gasteiger partial charge >= 0.3 is 5.97 Å². The molecule has 1 unspecified atom stereocenters. The van der Waals surface area contributed by atoms with Crippen LogP contribution in [-0.4, -0.2) is 13.1 Å². The zero-order chi connectivity index (χ0) is 13.8. The minimum Gasteiger partial charge on any atom is -0.496 e. The van der Waals surface area contributed by atoms with Crippen molar-refractivity contribution in [3.63, 3.8) is 0 Å². The van der Waals surface area contributed by atoms with Gasteiger partial charge in [-0.3, -0.25) is 0 Å². The average Bonchev–Trinajstić information content (AvgIpc) is 2.65. The number of rotatable bonds is 1. The number of hydrogen-bond donors (Lipinski definition) is 0. The van der Waals surface area contributed by atoms with Crippen LogP contribution in [0.2, 0.25) is 0 Å². The van der Waals surface area contributed by atoms with E-state index in [1.807, 2.05) is 19.9 Å². The number of fused-ring (bicyclic) bond motifs is 2. The van der Waals surface area contributed by atoms with Gasteiger partial charge in [-0.25, -0.2) is 4.79 Å². The van der Waals surface area contributed by atoms with Gasteiger partial charge < -0.3 is 9.47 Å². The van der Waals surface area contributed by atoms with E-state index in [-0.39, 0.29) is 11.4 Å². The molecule has 0 radical (unpaired) electrons. The molecule has 2 aliphatic carbocycles. The summed E-state index contributed by atoms with van der Waals surface area (Å²) in [5.74, 6) is 1.41. The van der Waals surface area contributed by atoms with Crippen molar-refractivity contribution in [2.45, 2.75) is 33.6 Å². The second kappa shape index (κ2) is 3.86. The molecule has 1 heterocycles. The number of carbonyl (C=O) groups is 1. The molecule has 3 heteroatoms. The number of methoxy groups -OCH3 is 1. The second-order valence-electron chi connectivity index (χ2n) is 5.64. The predicted molar refractivity (Wildman–Crippen MR) is 72.0 cm³/mol. The first-order chi connectivity index (χ1) is 8.98. The number of ether oxygens (including phenoxy) is 2. The molecule has 0 saturated carbocycles. The van der Waals surface area contributed by atoms with Crippen molar-refractivity contribution >= 4 is 5.97 Å². The van der Waals surface area contributed by atoms with Gasteiger partial charge in [0.05, 0.1) is 7.11 Å². The zero-order valence-electron chi connectivity index (χ0n) is 11.8. The van der Waals surface area contributed by atoms with Crippen molar-refractivity contribution in [1.29, 1.82) is 0 Å². The summed E-state index contributed by atoms with van der Waals surface area (Å²) in [6.45, 7) is 6.08. The van der Waals surface area contributed by atoms with E-state index in [0.29, 0.717) is 0 Å². The van der Waals surface area contributed by atoms with Gasteiger partial charge in [0.25, 0.3) is 0 Å². The number of carbonyl (C=O) groups excluding carboxylic acids is 1. The zero-order valence-corrected chi connectivity index (χ0v) is 11.8. The SMILES string of the molecule is COC1=C(C)C2=C3OC(=O)C(C)=C3CCC2(C)C=C1. The Morgan fingerprint density at radius 1 is 1.32 bits per heavy atom. The van der Waals surface area contributed by atoms with E-state index in [4.69, 9.17) is 9.47 Å². The van der Waals surface area contributed by atoms with Crippen LogP contribution in [-0.2, 0) is 14.3 Å². The second-order valence-corrected chi connectivity index (χ2v) is 5.64. The molecule has 0 aromatic rings. The van der Waals surface area contributed by atoms with Gasteiger partial charge in [-0.05, 0) is 38.3 Å². The predicted octanol–water partition coefficient (Wildman–Crippen LogP) is 3.40. The van der Waals surface area contributed by atoms with Crippen LogP contribution in [0.15, 0.2) is 46.0 Å². The van der Waals surface area contributed by atoms with E-state index < -0.39 is 0 Å². The fraction of sp³-hybridized carbons (Fsp3) is 0.438. The molecule has 3 rings (SSSR count). The standard InChI is InChI=1S/C16H18O3/c1-9-11-5-7-16(3)8-6-12(18-4)10(2)13(16)14(11)19-15(9)17/h6,8H,5,7H2,1-4H3. The summed E-state index contributed by atoms with van der Waals surface area (Å²) in [6.07, 6.45) is 6.09. The van der Waals surface area contributed by atoms with E-state index in [0.717, 1.165) is 46.7 Å². The monoisotopic (exact) mass is 258 g/mol. The Morgan fingerprint density at radius 2 is 2.05 bits per heavy atom. The maximum atomic E-state index is 11.8. The summed E-state index contributed by atoms with van der Waals surface area (Å²) >= 11 is 0. The minimum atomic E-state index is -0.205. The van der Waals surface area contributed by atoms with Gasteiger partial charge in [-0.2, -0.15) is 0 Å². The number of allylic oxidation sites excluding steroid dienone is 5. The third-order valence-corrected chi connectivity index (χ3v) is 4.49. The fourth-order valence-electron chi connectivity index (χ4n) is 3.29. The molecule has 0 aromatic carbocycles. The Labute approximate surface area is 113 Å². The highest BCUT2D eigenvalue weighted by Gasteiger charge is 2.43. The summed E-state index contributed by atoms with van der Waals surface area (Å²) in [5, 5.41) is 0. The molecule has 1 atom stereocenters. The highest BCUT2D eigenvalue weighted by atomic mass is 16.5. The molecule has 0 bridgehead atoms. The molecular formula is C16H18O3. The summed E-state index contributed by atoms with van der Waals surface area (Å²) in [4.78, 5) is 11.8. The van der Waals surface area contributed by atoms with Crippen LogP contribution in [0.3, 0.4) is 0 Å². The van der Waals surface area contributed by atoms with Gasteiger partial charge in [-0.15, -0.1) is 0 Å². The molecule has 100 valence electrons. The van der Waals surface area contributed by atoms with Crippen molar-refractivity contribution in [3.8, 4) is 0 Å². The third-order valence-electron chi connectivity index (χ3n) is 4.49. The van der Waals surface area contributed by atoms with Gasteiger partial charge in [0.15, 0.2) is 0 Å². The van der Waals surface area contributed by atoms with Gasteiger partial charge in [0.2, 0.25) is 0 Å². The van der Waals surface area contributed by atoms with Gasteiger partial charge in [-0.1, -0.05) is 13.0 Å². The summed E-state index contributed by atoms with van der Waals surface area (Å²) < 4.78 is 10.9. The first kappa shape index (κ1) is 12.3. The lowest BCUT2D eigenvalue weighted by molar-refractivity contribution is -0.133. The molecule has 1 aliphatic heterocycles. The molecule has 0 spiro atoms. The molecule has 19 heavy (non-hydrogen) atoms. The topological polar surface area (TPSA) is 35.5 Å². The van der Waals surface area contributed by atoms with E-state index in [2.05, 4.69) is 13.0 Å². The lowest BCUT2D eigenvalue weighted by Gasteiger charge is -2.38. The normalized spacial score (nSPS) is 29.6. The Morgan fingerprint density at radius 3 is 2.74 bits per heavy atom. The Bertz CT molecular complexity index is 601. The molecule has 3 nitrogen and oxygen atoms in total. The van der Waals surface area contributed by atoms with Crippen molar-refractivity contribution in [1.82, 2.24) is 0 Å². The molecule has 0 saturated heterocycles. The summed E-state index contributed by atoms with van der Waals surface area (Å²) in [7, 11) is 1.67. The Balaban J connectivity index is 2.27. The summed E-state index contributed by atoms with van der Waals surface area (Å²) in [5.41, 5.74) is 3.95. The maximum Gasteiger partial charge on any atom is 0.339 e. The van der Waals surface area contributed by atoms with Crippen molar-refractivity contribution in [2.75, 3.05) is 7.11 Å². The van der Waals surface area contributed by atoms with E-state index >= 15 is 0 Å². The minimum absolute atomic E-state index is 0.0597. The fourth-order valence-corrected chi connectivity index (χ4v) is 3.29. The molecule has 0 amide bonds. The third kappa shape index (κ3) is 1.54. The Hall–Kier alpha value is -1.77. The van der Waals surface area contributed by atoms with Crippen molar-refractivity contribution < 1.29 is 14.3 Å². The van der Waals surface area contributed by atoms with Crippen LogP contribution in [0.5, 0.6) is 0 Å². The molecular weight excluding hydrogens is 240 g/mol. The van der Waals surface area contributed by atoms with Crippen LogP contribution >= 0.6 is 0 Å². The number of hydrogen-bond acceptors (Lipinski definition) is 3. The first-order valence-electron chi connectivity index (χ1n) is 6.59. The van der Waals surface area contributed by atoms with Crippen molar-refractivity contribution in [3.05, 3.63) is 46.0 Å². The quantitative estimate of drug-likeness (QED) is 0.676. The van der Waals surface area contributed by atoms with Gasteiger partial charge in [0, 0.05) is 22.1 Å². The molecule has 0 N–H and O–H groups in total. The van der Waals surface area contributed by atoms with Crippen LogP contribution in [0.1, 0.15) is 33.6 Å². The average molecular weight is 258 g/mol. The molecule has 0 fully saturated rings.